The van der Waals surface area contributed by atoms with Crippen LogP contribution < -0.4 is 0 Å². The van der Waals surface area contributed by atoms with Crippen LogP contribution in [0.4, 0.5) is 8.78 Å². The molecule has 1 atom stereocenters. The van der Waals surface area contributed by atoms with Crippen molar-refractivity contribution in [2.75, 3.05) is 0 Å². The number of aromatic hydroxyl groups is 1. The largest absolute Gasteiger partial charge is 0.506 e. The molecule has 0 spiro atoms. The van der Waals surface area contributed by atoms with Gasteiger partial charge in [0.05, 0.1) is 16.9 Å². The Morgan fingerprint density at radius 2 is 1.76 bits per heavy atom. The van der Waals surface area contributed by atoms with E-state index >= 15 is 0 Å². The van der Waals surface area contributed by atoms with Crippen LogP contribution in [0.25, 0.3) is 5.69 Å². The first kappa shape index (κ1) is 24.6. The molecule has 34 heavy (non-hydrogen) atoms. The highest BCUT2D eigenvalue weighted by Gasteiger charge is 2.33. The zero-order chi connectivity index (χ0) is 24.5. The Labute approximate surface area is 211 Å². The number of imidazole rings is 1. The van der Waals surface area contributed by atoms with Gasteiger partial charge in [-0.15, -0.1) is 0 Å². The van der Waals surface area contributed by atoms with Crippen molar-refractivity contribution in [1.29, 1.82) is 0 Å². The molecule has 0 aliphatic rings. The van der Waals surface area contributed by atoms with E-state index in [1.165, 1.54) is 30.0 Å². The molecular weight excluding hydrogens is 497 g/mol. The summed E-state index contributed by atoms with van der Waals surface area (Å²) >= 11 is 13.6. The van der Waals surface area contributed by atoms with Gasteiger partial charge in [-0.05, 0) is 67.4 Å². The van der Waals surface area contributed by atoms with Crippen LogP contribution in [-0.2, 0) is 11.2 Å². The van der Waals surface area contributed by atoms with Crippen molar-refractivity contribution in [2.24, 2.45) is 0 Å². The van der Waals surface area contributed by atoms with E-state index in [0.29, 0.717) is 27.9 Å². The lowest BCUT2D eigenvalue weighted by atomic mass is 9.77. The zero-order valence-electron chi connectivity index (χ0n) is 18.5. The number of thioether (sulfide) groups is 1. The number of halogens is 4. The highest BCUT2D eigenvalue weighted by molar-refractivity contribution is 7.98. The molecule has 4 aromatic rings. The molecular formula is C26H22Cl2F2N2OS. The first-order valence-corrected chi connectivity index (χ1v) is 12.4. The number of rotatable bonds is 7. The van der Waals surface area contributed by atoms with Gasteiger partial charge in [-0.25, -0.2) is 13.8 Å². The molecule has 176 valence electrons. The van der Waals surface area contributed by atoms with Crippen molar-refractivity contribution in [3.8, 4) is 11.4 Å². The lowest BCUT2D eigenvalue weighted by molar-refractivity contribution is 0.467. The quantitative estimate of drug-likeness (QED) is 0.250. The van der Waals surface area contributed by atoms with Crippen molar-refractivity contribution < 1.29 is 13.9 Å². The molecule has 0 bridgehead atoms. The predicted molar refractivity (Wildman–Crippen MR) is 134 cm³/mol. The van der Waals surface area contributed by atoms with Crippen LogP contribution in [0.2, 0.25) is 10.0 Å². The van der Waals surface area contributed by atoms with Crippen LogP contribution in [0, 0.1) is 11.6 Å². The van der Waals surface area contributed by atoms with Crippen molar-refractivity contribution in [3.63, 3.8) is 0 Å². The van der Waals surface area contributed by atoms with Gasteiger partial charge in [0.1, 0.15) is 17.4 Å². The highest BCUT2D eigenvalue weighted by atomic mass is 35.5. The van der Waals surface area contributed by atoms with Crippen LogP contribution in [0.3, 0.4) is 0 Å². The van der Waals surface area contributed by atoms with E-state index in [1.807, 2.05) is 17.6 Å². The van der Waals surface area contributed by atoms with Gasteiger partial charge in [-0.3, -0.25) is 4.57 Å². The van der Waals surface area contributed by atoms with E-state index in [2.05, 4.69) is 11.9 Å². The van der Waals surface area contributed by atoms with Crippen LogP contribution in [0.15, 0.2) is 72.0 Å². The Hall–Kier alpha value is -2.54. The lowest BCUT2D eigenvalue weighted by Gasteiger charge is -2.31. The number of phenolic OH excluding ortho intramolecular Hbond substituents is 1. The summed E-state index contributed by atoms with van der Waals surface area (Å²) in [6.45, 7) is 4.09. The number of hydrogen-bond donors (Lipinski definition) is 1. The molecule has 1 heterocycles. The first-order valence-electron chi connectivity index (χ1n) is 10.6. The normalized spacial score (nSPS) is 13.1. The highest BCUT2D eigenvalue weighted by Crippen LogP contribution is 2.41. The van der Waals surface area contributed by atoms with Gasteiger partial charge in [-0.1, -0.05) is 54.0 Å². The SMILES string of the molecule is CCC(C)(c1ccc(Cl)c(O)c1)c1cnc(SCc2c(F)cccc2Cl)n1-c1ccc(F)cc1. The topological polar surface area (TPSA) is 38.1 Å². The third kappa shape index (κ3) is 4.67. The summed E-state index contributed by atoms with van der Waals surface area (Å²) < 4.78 is 30.0. The molecule has 8 heteroatoms. The fraction of sp³-hybridized carbons (Fsp3) is 0.192. The number of hydrogen-bond acceptors (Lipinski definition) is 3. The van der Waals surface area contributed by atoms with E-state index in [0.717, 1.165) is 11.3 Å². The standard InChI is InChI=1S/C26H22Cl2F2N2OS/c1-3-26(2,16-7-12-21(28)23(33)13-16)24-14-31-25(32(24)18-10-8-17(29)9-11-18)34-15-19-20(27)5-4-6-22(19)30/h4-14,33H,3,15H2,1-2H3. The van der Waals surface area contributed by atoms with E-state index in [4.69, 9.17) is 23.2 Å². The van der Waals surface area contributed by atoms with Gasteiger partial charge >= 0.3 is 0 Å². The average Bonchev–Trinajstić information content (AvgIpc) is 3.25. The van der Waals surface area contributed by atoms with Crippen molar-refractivity contribution >= 4 is 35.0 Å². The Balaban J connectivity index is 1.83. The molecule has 1 N–H and O–H groups in total. The minimum atomic E-state index is -0.558. The van der Waals surface area contributed by atoms with Crippen LogP contribution in [0.1, 0.15) is 37.1 Å². The third-order valence-electron chi connectivity index (χ3n) is 6.08. The number of nitrogens with zero attached hydrogens (tertiary/aromatic N) is 2. The molecule has 0 radical (unpaired) electrons. The van der Waals surface area contributed by atoms with Gasteiger partial charge in [0, 0.05) is 27.4 Å². The molecule has 3 aromatic carbocycles. The third-order valence-corrected chi connectivity index (χ3v) is 7.73. The molecule has 3 nitrogen and oxygen atoms in total. The van der Waals surface area contributed by atoms with Gasteiger partial charge < -0.3 is 5.11 Å². The van der Waals surface area contributed by atoms with Crippen molar-refractivity contribution in [1.82, 2.24) is 9.55 Å². The van der Waals surface area contributed by atoms with Crippen molar-refractivity contribution in [2.45, 2.75) is 36.6 Å². The molecule has 1 unspecified atom stereocenters. The second kappa shape index (κ2) is 9.98. The lowest BCUT2D eigenvalue weighted by Crippen LogP contribution is -2.26. The summed E-state index contributed by atoms with van der Waals surface area (Å²) in [5.74, 6) is -0.461. The second-order valence-corrected chi connectivity index (χ2v) is 9.84. The number of aromatic nitrogens is 2. The summed E-state index contributed by atoms with van der Waals surface area (Å²) in [6.07, 6.45) is 2.45. The van der Waals surface area contributed by atoms with Gasteiger partial charge in [0.15, 0.2) is 5.16 Å². The summed E-state index contributed by atoms with van der Waals surface area (Å²) in [5.41, 5.74) is 2.25. The van der Waals surface area contributed by atoms with Crippen LogP contribution in [-0.4, -0.2) is 14.7 Å². The Kier molecular flexibility index (Phi) is 7.22. The molecule has 1 aromatic heterocycles. The first-order chi connectivity index (χ1) is 16.2. The van der Waals surface area contributed by atoms with E-state index < -0.39 is 5.41 Å². The van der Waals surface area contributed by atoms with Gasteiger partial charge in [0.25, 0.3) is 0 Å². The maximum atomic E-state index is 14.4. The molecule has 0 saturated carbocycles. The van der Waals surface area contributed by atoms with Crippen LogP contribution in [0.5, 0.6) is 5.75 Å². The summed E-state index contributed by atoms with van der Waals surface area (Å²) in [7, 11) is 0. The Morgan fingerprint density at radius 1 is 1.03 bits per heavy atom. The van der Waals surface area contributed by atoms with E-state index in [1.54, 1.807) is 42.6 Å². The minimum Gasteiger partial charge on any atom is -0.506 e. The smallest absolute Gasteiger partial charge is 0.173 e. The van der Waals surface area contributed by atoms with E-state index in [9.17, 15) is 13.9 Å². The Morgan fingerprint density at radius 3 is 2.41 bits per heavy atom. The Bertz CT molecular complexity index is 1310. The predicted octanol–water partition coefficient (Wildman–Crippen LogP) is 8.17. The molecule has 0 fully saturated rings. The monoisotopic (exact) mass is 518 g/mol. The second-order valence-electron chi connectivity index (χ2n) is 8.08. The summed E-state index contributed by atoms with van der Waals surface area (Å²) in [5, 5.41) is 11.5. The van der Waals surface area contributed by atoms with Gasteiger partial charge in [-0.2, -0.15) is 0 Å². The maximum Gasteiger partial charge on any atom is 0.173 e. The molecule has 4 rings (SSSR count). The maximum absolute atomic E-state index is 14.4. The van der Waals surface area contributed by atoms with Gasteiger partial charge in [0.2, 0.25) is 0 Å². The van der Waals surface area contributed by atoms with Crippen LogP contribution >= 0.6 is 35.0 Å². The fourth-order valence-electron chi connectivity index (χ4n) is 3.86. The molecule has 0 aliphatic carbocycles. The number of benzene rings is 3. The van der Waals surface area contributed by atoms with Crippen molar-refractivity contribution in [3.05, 3.63) is 105 Å². The average molecular weight is 519 g/mol. The minimum absolute atomic E-state index is 0.00418. The number of phenols is 1. The summed E-state index contributed by atoms with van der Waals surface area (Å²) in [6, 6.07) is 15.9. The zero-order valence-corrected chi connectivity index (χ0v) is 20.9. The fourth-order valence-corrected chi connectivity index (χ4v) is 5.32. The molecule has 0 saturated heterocycles. The molecule has 0 amide bonds. The van der Waals surface area contributed by atoms with E-state index in [-0.39, 0.29) is 28.2 Å². The summed E-state index contributed by atoms with van der Waals surface area (Å²) in [4.78, 5) is 4.65. The molecule has 0 aliphatic heterocycles.